The summed E-state index contributed by atoms with van der Waals surface area (Å²) < 4.78 is 5.41. The molecule has 0 spiro atoms. The maximum Gasteiger partial charge on any atom is 0.122 e. The molecule has 0 aromatic carbocycles. The molecular formula is C11H16ClNO. The van der Waals surface area contributed by atoms with E-state index in [1.54, 1.807) is 6.26 Å². The average molecular weight is 214 g/mol. The third-order valence-corrected chi connectivity index (χ3v) is 3.14. The van der Waals surface area contributed by atoms with E-state index in [1.807, 2.05) is 12.1 Å². The van der Waals surface area contributed by atoms with Gasteiger partial charge in [0.05, 0.1) is 12.3 Å². The van der Waals surface area contributed by atoms with Crippen LogP contribution >= 0.6 is 11.6 Å². The van der Waals surface area contributed by atoms with Gasteiger partial charge in [0, 0.05) is 5.88 Å². The van der Waals surface area contributed by atoms with E-state index in [4.69, 9.17) is 16.0 Å². The van der Waals surface area contributed by atoms with Gasteiger partial charge in [0.25, 0.3) is 0 Å². The number of halogens is 1. The van der Waals surface area contributed by atoms with Crippen molar-refractivity contribution in [3.8, 4) is 0 Å². The zero-order valence-electron chi connectivity index (χ0n) is 8.29. The molecule has 3 heteroatoms. The molecule has 0 bridgehead atoms. The van der Waals surface area contributed by atoms with E-state index in [-0.39, 0.29) is 6.04 Å². The predicted octanol–water partition coefficient (Wildman–Crippen LogP) is 3.05. The Bertz CT molecular complexity index is 254. The van der Waals surface area contributed by atoms with Crippen molar-refractivity contribution in [2.75, 3.05) is 19.0 Å². The van der Waals surface area contributed by atoms with Gasteiger partial charge in [-0.25, -0.2) is 0 Å². The average Bonchev–Trinajstić information content (AvgIpc) is 2.74. The Hall–Kier alpha value is -0.470. The van der Waals surface area contributed by atoms with Crippen LogP contribution in [0.1, 0.15) is 31.1 Å². The van der Waals surface area contributed by atoms with Gasteiger partial charge < -0.3 is 4.42 Å². The zero-order valence-corrected chi connectivity index (χ0v) is 9.04. The molecule has 2 rings (SSSR count). The summed E-state index contributed by atoms with van der Waals surface area (Å²) in [5, 5.41) is 0. The first-order chi connectivity index (χ1) is 6.92. The minimum absolute atomic E-state index is 0.270. The van der Waals surface area contributed by atoms with Crippen LogP contribution in [0.25, 0.3) is 0 Å². The van der Waals surface area contributed by atoms with E-state index in [2.05, 4.69) is 4.90 Å². The number of hydrogen-bond donors (Lipinski definition) is 0. The van der Waals surface area contributed by atoms with Crippen LogP contribution in [0.2, 0.25) is 0 Å². The Morgan fingerprint density at radius 1 is 1.36 bits per heavy atom. The number of hydrogen-bond acceptors (Lipinski definition) is 2. The normalized spacial score (nSPS) is 20.9. The smallest absolute Gasteiger partial charge is 0.122 e. The highest BCUT2D eigenvalue weighted by Crippen LogP contribution is 2.25. The summed E-state index contributed by atoms with van der Waals surface area (Å²) in [5.41, 5.74) is 0. The van der Waals surface area contributed by atoms with E-state index in [0.29, 0.717) is 5.88 Å². The maximum atomic E-state index is 5.99. The molecule has 2 heterocycles. The molecule has 1 fully saturated rings. The lowest BCUT2D eigenvalue weighted by Gasteiger charge is -2.32. The van der Waals surface area contributed by atoms with E-state index in [9.17, 15) is 0 Å². The van der Waals surface area contributed by atoms with E-state index >= 15 is 0 Å². The maximum absolute atomic E-state index is 5.99. The Kier molecular flexibility index (Phi) is 3.49. The fourth-order valence-corrected chi connectivity index (χ4v) is 2.41. The highest BCUT2D eigenvalue weighted by molar-refractivity contribution is 6.18. The second kappa shape index (κ2) is 4.85. The van der Waals surface area contributed by atoms with Crippen molar-refractivity contribution in [2.24, 2.45) is 0 Å². The first-order valence-corrected chi connectivity index (χ1v) is 5.78. The van der Waals surface area contributed by atoms with Crippen molar-refractivity contribution >= 4 is 11.6 Å². The van der Waals surface area contributed by atoms with Crippen LogP contribution < -0.4 is 0 Å². The van der Waals surface area contributed by atoms with Gasteiger partial charge in [-0.05, 0) is 38.1 Å². The van der Waals surface area contributed by atoms with Crippen LogP contribution in [0, 0.1) is 0 Å². The molecule has 0 N–H and O–H groups in total. The molecule has 1 aliphatic heterocycles. The summed E-state index contributed by atoms with van der Waals surface area (Å²) in [7, 11) is 0. The number of rotatable bonds is 3. The second-order valence-electron chi connectivity index (χ2n) is 3.78. The van der Waals surface area contributed by atoms with E-state index < -0.39 is 0 Å². The number of piperidine rings is 1. The van der Waals surface area contributed by atoms with Crippen LogP contribution in [-0.2, 0) is 0 Å². The second-order valence-corrected chi connectivity index (χ2v) is 4.09. The number of furan rings is 1. The van der Waals surface area contributed by atoms with Crippen molar-refractivity contribution in [2.45, 2.75) is 25.3 Å². The standard InChI is InChI=1S/C11H16ClNO/c12-9-10(11-5-4-8-14-11)13-6-2-1-3-7-13/h4-5,8,10H,1-3,6-7,9H2. The fraction of sp³-hybridized carbons (Fsp3) is 0.636. The molecule has 0 radical (unpaired) electrons. The summed E-state index contributed by atoms with van der Waals surface area (Å²) in [6.07, 6.45) is 5.64. The SMILES string of the molecule is ClCC(c1ccco1)N1CCCCC1. The lowest BCUT2D eigenvalue weighted by molar-refractivity contribution is 0.159. The van der Waals surface area contributed by atoms with Gasteiger partial charge in [-0.15, -0.1) is 11.6 Å². The van der Waals surface area contributed by atoms with Crippen molar-refractivity contribution in [3.63, 3.8) is 0 Å². The molecule has 0 saturated carbocycles. The van der Waals surface area contributed by atoms with Crippen LogP contribution in [0.5, 0.6) is 0 Å². The molecule has 1 atom stereocenters. The van der Waals surface area contributed by atoms with Gasteiger partial charge in [0.2, 0.25) is 0 Å². The van der Waals surface area contributed by atoms with Gasteiger partial charge in [-0.2, -0.15) is 0 Å². The van der Waals surface area contributed by atoms with Crippen LogP contribution in [0.15, 0.2) is 22.8 Å². The minimum Gasteiger partial charge on any atom is -0.468 e. The molecule has 14 heavy (non-hydrogen) atoms. The Morgan fingerprint density at radius 2 is 2.14 bits per heavy atom. The Morgan fingerprint density at radius 3 is 2.71 bits per heavy atom. The third-order valence-electron chi connectivity index (χ3n) is 2.85. The molecule has 1 aliphatic rings. The molecule has 78 valence electrons. The Labute approximate surface area is 89.8 Å². The summed E-state index contributed by atoms with van der Waals surface area (Å²) in [6, 6.07) is 4.22. The van der Waals surface area contributed by atoms with Gasteiger partial charge in [0.1, 0.15) is 5.76 Å². The molecule has 1 unspecified atom stereocenters. The molecule has 0 aliphatic carbocycles. The van der Waals surface area contributed by atoms with Crippen molar-refractivity contribution in [1.29, 1.82) is 0 Å². The molecule has 2 nitrogen and oxygen atoms in total. The van der Waals surface area contributed by atoms with Gasteiger partial charge in [0.15, 0.2) is 0 Å². The summed E-state index contributed by atoms with van der Waals surface area (Å²) >= 11 is 5.99. The highest BCUT2D eigenvalue weighted by Gasteiger charge is 2.23. The third kappa shape index (κ3) is 2.12. The quantitative estimate of drug-likeness (QED) is 0.718. The number of nitrogens with zero attached hydrogens (tertiary/aromatic N) is 1. The van der Waals surface area contributed by atoms with Crippen molar-refractivity contribution < 1.29 is 4.42 Å². The van der Waals surface area contributed by atoms with Crippen molar-refractivity contribution in [3.05, 3.63) is 24.2 Å². The monoisotopic (exact) mass is 213 g/mol. The Balaban J connectivity index is 2.04. The first-order valence-electron chi connectivity index (χ1n) is 5.25. The molecule has 0 amide bonds. The molecule has 1 aromatic heterocycles. The molecule has 1 saturated heterocycles. The minimum atomic E-state index is 0.270. The summed E-state index contributed by atoms with van der Waals surface area (Å²) in [6.45, 7) is 2.30. The topological polar surface area (TPSA) is 16.4 Å². The van der Waals surface area contributed by atoms with Gasteiger partial charge >= 0.3 is 0 Å². The largest absolute Gasteiger partial charge is 0.468 e. The van der Waals surface area contributed by atoms with Crippen LogP contribution in [0.3, 0.4) is 0 Å². The zero-order chi connectivity index (χ0) is 9.80. The number of likely N-dealkylation sites (tertiary alicyclic amines) is 1. The predicted molar refractivity (Wildman–Crippen MR) is 57.6 cm³/mol. The lowest BCUT2D eigenvalue weighted by atomic mass is 10.1. The number of alkyl halides is 1. The lowest BCUT2D eigenvalue weighted by Crippen LogP contribution is -2.34. The van der Waals surface area contributed by atoms with Crippen molar-refractivity contribution in [1.82, 2.24) is 4.90 Å². The highest BCUT2D eigenvalue weighted by atomic mass is 35.5. The van der Waals surface area contributed by atoms with Gasteiger partial charge in [-0.1, -0.05) is 6.42 Å². The van der Waals surface area contributed by atoms with Crippen LogP contribution in [-0.4, -0.2) is 23.9 Å². The molecule has 1 aromatic rings. The first kappa shape index (κ1) is 10.1. The fourth-order valence-electron chi connectivity index (χ4n) is 2.06. The van der Waals surface area contributed by atoms with Crippen LogP contribution in [0.4, 0.5) is 0 Å². The molecular weight excluding hydrogens is 198 g/mol. The van der Waals surface area contributed by atoms with E-state index in [1.165, 1.54) is 19.3 Å². The summed E-state index contributed by atoms with van der Waals surface area (Å²) in [4.78, 5) is 2.43. The van der Waals surface area contributed by atoms with E-state index in [0.717, 1.165) is 18.8 Å². The summed E-state index contributed by atoms with van der Waals surface area (Å²) in [5.74, 6) is 1.62. The van der Waals surface area contributed by atoms with Gasteiger partial charge in [-0.3, -0.25) is 4.90 Å².